The SMILES string of the molecule is Cn1nc(SCC(O)CO)c(=O)n(C)c1=O. The Morgan fingerprint density at radius 2 is 2.06 bits per heavy atom. The highest BCUT2D eigenvalue weighted by atomic mass is 32.2. The van der Waals surface area contributed by atoms with Crippen molar-refractivity contribution in [1.82, 2.24) is 14.3 Å². The Balaban J connectivity index is 2.98. The summed E-state index contributed by atoms with van der Waals surface area (Å²) in [6, 6.07) is 0. The quantitative estimate of drug-likeness (QED) is 0.593. The van der Waals surface area contributed by atoms with Crippen molar-refractivity contribution in [3.05, 3.63) is 20.8 Å². The van der Waals surface area contributed by atoms with Crippen LogP contribution in [0.2, 0.25) is 0 Å². The van der Waals surface area contributed by atoms with Gasteiger partial charge in [0.25, 0.3) is 5.56 Å². The van der Waals surface area contributed by atoms with E-state index in [4.69, 9.17) is 10.2 Å². The van der Waals surface area contributed by atoms with E-state index >= 15 is 0 Å². The van der Waals surface area contributed by atoms with Crippen molar-refractivity contribution in [3.63, 3.8) is 0 Å². The second kappa shape index (κ2) is 5.28. The fraction of sp³-hybridized carbons (Fsp3) is 0.625. The fourth-order valence-corrected chi connectivity index (χ4v) is 1.88. The highest BCUT2D eigenvalue weighted by molar-refractivity contribution is 7.99. The van der Waals surface area contributed by atoms with E-state index in [1.165, 1.54) is 14.1 Å². The molecule has 0 aliphatic rings. The van der Waals surface area contributed by atoms with Crippen LogP contribution in [0.25, 0.3) is 0 Å². The third-order valence-electron chi connectivity index (χ3n) is 1.92. The molecule has 90 valence electrons. The number of aliphatic hydroxyl groups is 2. The molecular weight excluding hydrogens is 234 g/mol. The Bertz CT molecular complexity index is 481. The Kier molecular flexibility index (Phi) is 4.27. The first-order chi connectivity index (χ1) is 7.47. The summed E-state index contributed by atoms with van der Waals surface area (Å²) in [5, 5.41) is 21.6. The first-order valence-corrected chi connectivity index (χ1v) is 5.52. The molecule has 1 unspecified atom stereocenters. The smallest absolute Gasteiger partial charge is 0.346 e. The van der Waals surface area contributed by atoms with E-state index in [2.05, 4.69) is 5.10 Å². The zero-order valence-electron chi connectivity index (χ0n) is 8.95. The summed E-state index contributed by atoms with van der Waals surface area (Å²) in [4.78, 5) is 22.9. The number of nitrogens with zero attached hydrogens (tertiary/aromatic N) is 3. The van der Waals surface area contributed by atoms with Crippen molar-refractivity contribution in [3.8, 4) is 0 Å². The van der Waals surface area contributed by atoms with Crippen molar-refractivity contribution in [2.24, 2.45) is 14.1 Å². The summed E-state index contributed by atoms with van der Waals surface area (Å²) >= 11 is 1.00. The fourth-order valence-electron chi connectivity index (χ4n) is 0.988. The summed E-state index contributed by atoms with van der Waals surface area (Å²) in [6.45, 7) is -0.376. The van der Waals surface area contributed by atoms with E-state index < -0.39 is 17.4 Å². The van der Waals surface area contributed by atoms with Crippen LogP contribution in [0, 0.1) is 0 Å². The summed E-state index contributed by atoms with van der Waals surface area (Å²) in [5.74, 6) is 0.150. The van der Waals surface area contributed by atoms with Gasteiger partial charge in [-0.05, 0) is 0 Å². The molecule has 1 aromatic rings. The van der Waals surface area contributed by atoms with Gasteiger partial charge in [-0.2, -0.15) is 5.10 Å². The zero-order chi connectivity index (χ0) is 12.3. The van der Waals surface area contributed by atoms with Crippen molar-refractivity contribution in [1.29, 1.82) is 0 Å². The van der Waals surface area contributed by atoms with E-state index in [0.717, 1.165) is 21.0 Å². The summed E-state index contributed by atoms with van der Waals surface area (Å²) < 4.78 is 2.00. The van der Waals surface area contributed by atoms with E-state index in [1.807, 2.05) is 0 Å². The lowest BCUT2D eigenvalue weighted by molar-refractivity contribution is 0.113. The van der Waals surface area contributed by atoms with Gasteiger partial charge in [0.2, 0.25) is 0 Å². The Morgan fingerprint density at radius 1 is 1.44 bits per heavy atom. The van der Waals surface area contributed by atoms with Crippen LogP contribution in [0.3, 0.4) is 0 Å². The minimum absolute atomic E-state index is 0.122. The van der Waals surface area contributed by atoms with Gasteiger partial charge in [0.15, 0.2) is 5.03 Å². The molecule has 0 saturated heterocycles. The molecule has 0 aliphatic heterocycles. The van der Waals surface area contributed by atoms with E-state index in [0.29, 0.717) is 0 Å². The van der Waals surface area contributed by atoms with Crippen LogP contribution in [0.5, 0.6) is 0 Å². The van der Waals surface area contributed by atoms with Crippen LogP contribution < -0.4 is 11.2 Å². The molecule has 0 bridgehead atoms. The van der Waals surface area contributed by atoms with Crippen molar-refractivity contribution in [2.45, 2.75) is 11.1 Å². The lowest BCUT2D eigenvalue weighted by Gasteiger charge is -2.07. The van der Waals surface area contributed by atoms with Gasteiger partial charge in [0.1, 0.15) is 0 Å². The second-order valence-electron chi connectivity index (χ2n) is 3.22. The molecule has 1 rings (SSSR count). The maximum Gasteiger partial charge on any atom is 0.346 e. The number of aryl methyl sites for hydroxylation is 1. The van der Waals surface area contributed by atoms with Gasteiger partial charge < -0.3 is 10.2 Å². The predicted octanol–water partition coefficient (Wildman–Crippen LogP) is -2.08. The molecule has 0 aliphatic carbocycles. The first-order valence-electron chi connectivity index (χ1n) is 4.53. The van der Waals surface area contributed by atoms with Crippen molar-refractivity contribution >= 4 is 11.8 Å². The molecule has 1 aromatic heterocycles. The van der Waals surface area contributed by atoms with E-state index in [9.17, 15) is 9.59 Å². The number of aliphatic hydroxyl groups excluding tert-OH is 2. The highest BCUT2D eigenvalue weighted by Crippen LogP contribution is 2.10. The number of hydrogen-bond acceptors (Lipinski definition) is 6. The highest BCUT2D eigenvalue weighted by Gasteiger charge is 2.11. The van der Waals surface area contributed by atoms with Gasteiger partial charge in [-0.1, -0.05) is 11.8 Å². The third-order valence-corrected chi connectivity index (χ3v) is 3.00. The van der Waals surface area contributed by atoms with Crippen LogP contribution in [-0.2, 0) is 14.1 Å². The monoisotopic (exact) mass is 247 g/mol. The van der Waals surface area contributed by atoms with Gasteiger partial charge in [-0.25, -0.2) is 9.48 Å². The Hall–Kier alpha value is -1.12. The molecule has 16 heavy (non-hydrogen) atoms. The molecule has 0 aromatic carbocycles. The van der Waals surface area contributed by atoms with E-state index in [1.54, 1.807) is 0 Å². The van der Waals surface area contributed by atoms with Gasteiger partial charge in [0.05, 0.1) is 12.7 Å². The van der Waals surface area contributed by atoms with Crippen LogP contribution in [0.1, 0.15) is 0 Å². The molecule has 1 heterocycles. The zero-order valence-corrected chi connectivity index (χ0v) is 9.77. The average Bonchev–Trinajstić information content (AvgIpc) is 2.28. The minimum Gasteiger partial charge on any atom is -0.394 e. The molecule has 0 saturated carbocycles. The molecule has 8 heteroatoms. The van der Waals surface area contributed by atoms with Crippen LogP contribution in [-0.4, -0.2) is 43.0 Å². The summed E-state index contributed by atoms with van der Waals surface area (Å²) in [5.41, 5.74) is -1.00. The van der Waals surface area contributed by atoms with Gasteiger partial charge in [0, 0.05) is 19.8 Å². The van der Waals surface area contributed by atoms with Gasteiger partial charge >= 0.3 is 5.69 Å². The maximum absolute atomic E-state index is 11.6. The minimum atomic E-state index is -0.909. The lowest BCUT2D eigenvalue weighted by atomic mass is 10.4. The third kappa shape index (κ3) is 2.71. The van der Waals surface area contributed by atoms with Crippen molar-refractivity contribution < 1.29 is 10.2 Å². The number of hydrogen-bond donors (Lipinski definition) is 2. The van der Waals surface area contributed by atoms with Gasteiger partial charge in [-0.3, -0.25) is 9.36 Å². The Morgan fingerprint density at radius 3 is 2.62 bits per heavy atom. The maximum atomic E-state index is 11.6. The second-order valence-corrected chi connectivity index (χ2v) is 4.23. The summed E-state index contributed by atoms with van der Waals surface area (Å²) in [7, 11) is 2.80. The van der Waals surface area contributed by atoms with E-state index in [-0.39, 0.29) is 17.4 Å². The normalized spacial score (nSPS) is 12.8. The Labute approximate surface area is 95.3 Å². The molecule has 7 nitrogen and oxygen atoms in total. The van der Waals surface area contributed by atoms with Crippen LogP contribution >= 0.6 is 11.8 Å². The predicted molar refractivity (Wildman–Crippen MR) is 58.5 cm³/mol. The van der Waals surface area contributed by atoms with Crippen molar-refractivity contribution in [2.75, 3.05) is 12.4 Å². The topological polar surface area (TPSA) is 97.3 Å². The molecule has 1 atom stereocenters. The average molecular weight is 247 g/mol. The molecular formula is C8H13N3O4S. The standard InChI is InChI=1S/C8H13N3O4S/c1-10-7(14)6(9-11(2)8(10)15)16-4-5(13)3-12/h5,12-13H,3-4H2,1-2H3. The van der Waals surface area contributed by atoms with Crippen LogP contribution in [0.4, 0.5) is 0 Å². The molecule has 2 N–H and O–H groups in total. The number of aromatic nitrogens is 3. The molecule has 0 radical (unpaired) electrons. The van der Waals surface area contributed by atoms with Crippen LogP contribution in [0.15, 0.2) is 14.6 Å². The largest absolute Gasteiger partial charge is 0.394 e. The lowest BCUT2D eigenvalue weighted by Crippen LogP contribution is -2.39. The molecule has 0 amide bonds. The van der Waals surface area contributed by atoms with Gasteiger partial charge in [-0.15, -0.1) is 0 Å². The summed E-state index contributed by atoms with van der Waals surface area (Å²) in [6.07, 6.45) is -0.909. The number of thioether (sulfide) groups is 1. The number of rotatable bonds is 4. The molecule has 0 fully saturated rings. The molecule has 0 spiro atoms. The first kappa shape index (κ1) is 12.9.